The molecule has 0 bridgehead atoms. The average molecular weight is 451 g/mol. The fourth-order valence-electron chi connectivity index (χ4n) is 3.56. The molecule has 0 N–H and O–H groups in total. The van der Waals surface area contributed by atoms with Gasteiger partial charge in [-0.25, -0.2) is 23.5 Å². The first-order valence-electron chi connectivity index (χ1n) is 9.80. The monoisotopic (exact) mass is 451 g/mol. The zero-order chi connectivity index (χ0) is 23.0. The number of halogens is 2. The molecular formula is C24H19F2N3O2S. The van der Waals surface area contributed by atoms with E-state index in [-0.39, 0.29) is 12.0 Å². The van der Waals surface area contributed by atoms with Crippen LogP contribution in [0.5, 0.6) is 0 Å². The van der Waals surface area contributed by atoms with E-state index in [1.807, 2.05) is 13.0 Å². The summed E-state index contributed by atoms with van der Waals surface area (Å²) in [6.45, 7) is 3.56. The Morgan fingerprint density at radius 3 is 2.28 bits per heavy atom. The highest BCUT2D eigenvalue weighted by atomic mass is 32.1. The highest BCUT2D eigenvalue weighted by Gasteiger charge is 2.48. The van der Waals surface area contributed by atoms with E-state index in [1.54, 1.807) is 37.4 Å². The minimum absolute atomic E-state index is 0.0999. The van der Waals surface area contributed by atoms with Crippen molar-refractivity contribution in [3.8, 4) is 11.8 Å². The van der Waals surface area contributed by atoms with Crippen LogP contribution in [0, 0.1) is 30.4 Å². The lowest BCUT2D eigenvalue weighted by Gasteiger charge is -2.44. The topological polar surface area (TPSA) is 53.5 Å². The Hall–Kier alpha value is -3.57. The molecule has 0 unspecified atom stereocenters. The number of nitrogens with zero attached hydrogens (tertiary/aromatic N) is 3. The highest BCUT2D eigenvalue weighted by Crippen LogP contribution is 2.40. The van der Waals surface area contributed by atoms with E-state index in [2.05, 4.69) is 16.8 Å². The number of rotatable bonds is 2. The molecule has 1 atom stereocenters. The molecule has 1 aliphatic rings. The summed E-state index contributed by atoms with van der Waals surface area (Å²) >= 11 is 1.37. The number of urea groups is 1. The first-order chi connectivity index (χ1) is 15.2. The largest absolute Gasteiger partial charge is 0.332 e. The summed E-state index contributed by atoms with van der Waals surface area (Å²) in [5.74, 6) is 2.78. The number of hydrogen-bond acceptors (Lipinski definition) is 4. The van der Waals surface area contributed by atoms with Crippen LogP contribution in [0.15, 0.2) is 48.7 Å². The Balaban J connectivity index is 1.67. The van der Waals surface area contributed by atoms with Crippen LogP contribution in [0.4, 0.5) is 19.3 Å². The SMILES string of the molecule is Cc1ncc([C@]2(C)CC(=O)N(c3c(F)cc(C#Cc4ccccc4)cc3F)C(=O)N2C)s1. The number of thiazole rings is 1. The minimum atomic E-state index is -1.03. The fourth-order valence-corrected chi connectivity index (χ4v) is 4.52. The van der Waals surface area contributed by atoms with Crippen LogP contribution in [0.3, 0.4) is 0 Å². The maximum Gasteiger partial charge on any atom is 0.332 e. The summed E-state index contributed by atoms with van der Waals surface area (Å²) in [4.78, 5) is 32.8. The first-order valence-corrected chi connectivity index (χ1v) is 10.6. The van der Waals surface area contributed by atoms with Crippen LogP contribution in [-0.4, -0.2) is 28.9 Å². The number of anilines is 1. The number of aromatic nitrogens is 1. The second-order valence-corrected chi connectivity index (χ2v) is 8.90. The number of benzene rings is 2. The zero-order valence-electron chi connectivity index (χ0n) is 17.6. The van der Waals surface area contributed by atoms with Crippen molar-refractivity contribution in [3.05, 3.63) is 81.3 Å². The van der Waals surface area contributed by atoms with Gasteiger partial charge in [0.25, 0.3) is 0 Å². The van der Waals surface area contributed by atoms with Crippen molar-refractivity contribution in [2.75, 3.05) is 11.9 Å². The summed E-state index contributed by atoms with van der Waals surface area (Å²) in [6, 6.07) is 10.2. The minimum Gasteiger partial charge on any atom is -0.316 e. The van der Waals surface area contributed by atoms with Gasteiger partial charge in [-0.1, -0.05) is 30.0 Å². The van der Waals surface area contributed by atoms with Crippen LogP contribution in [0.1, 0.15) is 34.4 Å². The number of carbonyl (C=O) groups is 2. The molecule has 0 spiro atoms. The Bertz CT molecular complexity index is 1260. The normalized spacial score (nSPS) is 18.5. The van der Waals surface area contributed by atoms with Crippen LogP contribution in [0.2, 0.25) is 0 Å². The fraction of sp³-hybridized carbons (Fsp3) is 0.208. The van der Waals surface area contributed by atoms with E-state index in [1.165, 1.54) is 23.3 Å². The summed E-state index contributed by atoms with van der Waals surface area (Å²) in [6.07, 6.45) is 1.49. The van der Waals surface area contributed by atoms with Crippen molar-refractivity contribution >= 4 is 29.0 Å². The lowest BCUT2D eigenvalue weighted by molar-refractivity contribution is -0.122. The molecule has 0 aliphatic carbocycles. The van der Waals surface area contributed by atoms with Gasteiger partial charge in [-0.15, -0.1) is 11.3 Å². The van der Waals surface area contributed by atoms with Gasteiger partial charge in [0.15, 0.2) is 11.6 Å². The van der Waals surface area contributed by atoms with E-state index < -0.39 is 34.8 Å². The molecule has 2 aromatic carbocycles. The van der Waals surface area contributed by atoms with Crippen LogP contribution in [0.25, 0.3) is 0 Å². The molecule has 1 aromatic heterocycles. The van der Waals surface area contributed by atoms with E-state index in [4.69, 9.17) is 0 Å². The third kappa shape index (κ3) is 3.76. The molecule has 1 fully saturated rings. The molecule has 3 aromatic rings. The van der Waals surface area contributed by atoms with Crippen LogP contribution >= 0.6 is 11.3 Å². The van der Waals surface area contributed by atoms with Crippen LogP contribution in [-0.2, 0) is 10.3 Å². The number of imide groups is 1. The molecule has 8 heteroatoms. The van der Waals surface area contributed by atoms with Gasteiger partial charge in [0, 0.05) is 24.4 Å². The zero-order valence-corrected chi connectivity index (χ0v) is 18.5. The third-order valence-electron chi connectivity index (χ3n) is 5.48. The summed E-state index contributed by atoms with van der Waals surface area (Å²) < 4.78 is 29.9. The van der Waals surface area contributed by atoms with Crippen LogP contribution < -0.4 is 4.90 Å². The van der Waals surface area contributed by atoms with Gasteiger partial charge >= 0.3 is 6.03 Å². The highest BCUT2D eigenvalue weighted by molar-refractivity contribution is 7.11. The van der Waals surface area contributed by atoms with Crippen molar-refractivity contribution in [2.45, 2.75) is 25.8 Å². The predicted molar refractivity (Wildman–Crippen MR) is 118 cm³/mol. The Kier molecular flexibility index (Phi) is 5.53. The number of aryl methyl sites for hydroxylation is 1. The molecule has 2 heterocycles. The molecule has 1 aliphatic heterocycles. The van der Waals surface area contributed by atoms with E-state index in [0.717, 1.165) is 22.0 Å². The molecule has 4 rings (SSSR count). The van der Waals surface area contributed by atoms with Crippen molar-refractivity contribution < 1.29 is 18.4 Å². The maximum atomic E-state index is 14.9. The molecule has 0 saturated carbocycles. The quantitative estimate of drug-likeness (QED) is 0.525. The van der Waals surface area contributed by atoms with Gasteiger partial charge in [-0.2, -0.15) is 0 Å². The first kappa shape index (κ1) is 21.7. The maximum absolute atomic E-state index is 14.9. The van der Waals surface area contributed by atoms with E-state index in [9.17, 15) is 18.4 Å². The van der Waals surface area contributed by atoms with Gasteiger partial charge in [0.1, 0.15) is 5.69 Å². The third-order valence-corrected chi connectivity index (χ3v) is 6.65. The molecule has 32 heavy (non-hydrogen) atoms. The van der Waals surface area contributed by atoms with Gasteiger partial charge in [-0.05, 0) is 38.1 Å². The lowest BCUT2D eigenvalue weighted by atomic mass is 9.91. The standard InChI is InChI=1S/C24H19F2N3O2S/c1-15-27-14-20(32-15)24(2)13-21(30)29(23(31)28(24)3)22-18(25)11-17(12-19(22)26)10-9-16-7-5-4-6-8-16/h4-8,11-12,14H,13H2,1-3H3/t24-/m0/s1. The summed E-state index contributed by atoms with van der Waals surface area (Å²) in [7, 11) is 1.51. The molecule has 3 amide bonds. The lowest BCUT2D eigenvalue weighted by Crippen LogP contribution is -2.60. The van der Waals surface area contributed by atoms with Gasteiger partial charge in [0.05, 0.1) is 21.8 Å². The second kappa shape index (κ2) is 8.17. The molecule has 5 nitrogen and oxygen atoms in total. The average Bonchev–Trinajstić information content (AvgIpc) is 3.20. The Morgan fingerprint density at radius 1 is 1.06 bits per heavy atom. The predicted octanol–water partition coefficient (Wildman–Crippen LogP) is 4.83. The molecule has 1 saturated heterocycles. The summed E-state index contributed by atoms with van der Waals surface area (Å²) in [5, 5.41) is 0.793. The summed E-state index contributed by atoms with van der Waals surface area (Å²) in [5.41, 5.74) is -0.856. The van der Waals surface area contributed by atoms with Crippen molar-refractivity contribution in [2.24, 2.45) is 0 Å². The molecule has 162 valence electrons. The number of amides is 3. The Labute approximate surface area is 188 Å². The molecule has 0 radical (unpaired) electrons. The van der Waals surface area contributed by atoms with Gasteiger partial charge in [0.2, 0.25) is 5.91 Å². The van der Waals surface area contributed by atoms with E-state index in [0.29, 0.717) is 10.5 Å². The molecular weight excluding hydrogens is 432 g/mol. The van der Waals surface area contributed by atoms with Gasteiger partial charge in [-0.3, -0.25) is 4.79 Å². The number of carbonyl (C=O) groups excluding carboxylic acids is 2. The number of hydrogen-bond donors (Lipinski definition) is 0. The van der Waals surface area contributed by atoms with E-state index >= 15 is 0 Å². The van der Waals surface area contributed by atoms with Crippen molar-refractivity contribution in [1.29, 1.82) is 0 Å². The second-order valence-electron chi connectivity index (χ2n) is 7.67. The van der Waals surface area contributed by atoms with Crippen molar-refractivity contribution in [3.63, 3.8) is 0 Å². The Morgan fingerprint density at radius 2 is 1.69 bits per heavy atom. The smallest absolute Gasteiger partial charge is 0.316 e. The van der Waals surface area contributed by atoms with Gasteiger partial charge < -0.3 is 4.90 Å². The van der Waals surface area contributed by atoms with Crippen molar-refractivity contribution in [1.82, 2.24) is 9.88 Å².